The molecule has 1 aromatic rings. The molecule has 0 aliphatic rings. The number of primary amides is 1. The van der Waals surface area contributed by atoms with Crippen LogP contribution in [0.5, 0.6) is 0 Å². The van der Waals surface area contributed by atoms with E-state index in [9.17, 15) is 9.59 Å². The van der Waals surface area contributed by atoms with Crippen LogP contribution in [0.2, 0.25) is 0 Å². The average molecular weight is 248 g/mol. The van der Waals surface area contributed by atoms with Crippen molar-refractivity contribution < 1.29 is 9.59 Å². The quantitative estimate of drug-likeness (QED) is 0.782. The maximum atomic E-state index is 11.2. The van der Waals surface area contributed by atoms with Gasteiger partial charge in [0.25, 0.3) is 0 Å². The first-order valence-electron chi connectivity index (χ1n) is 6.01. The summed E-state index contributed by atoms with van der Waals surface area (Å²) in [4.78, 5) is 22.2. The number of nitrogens with one attached hydrogen (secondary N) is 1. The maximum absolute atomic E-state index is 11.2. The van der Waals surface area contributed by atoms with E-state index >= 15 is 0 Å². The van der Waals surface area contributed by atoms with E-state index in [-0.39, 0.29) is 0 Å². The van der Waals surface area contributed by atoms with Crippen molar-refractivity contribution in [3.05, 3.63) is 35.4 Å². The van der Waals surface area contributed by atoms with Crippen molar-refractivity contribution in [3.8, 4) is 0 Å². The number of aldehydes is 1. The number of carbonyl (C=O) groups is 2. The Balaban J connectivity index is 3.06. The SMILES string of the molecule is CC(C)Cc1cccc(C(C)(C=O)NC(N)=O)c1. The zero-order valence-corrected chi connectivity index (χ0v) is 11.1. The summed E-state index contributed by atoms with van der Waals surface area (Å²) in [5.41, 5.74) is 5.92. The molecule has 3 N–H and O–H groups in total. The van der Waals surface area contributed by atoms with E-state index in [1.54, 1.807) is 6.92 Å². The Labute approximate surface area is 108 Å². The summed E-state index contributed by atoms with van der Waals surface area (Å²) in [7, 11) is 0. The van der Waals surface area contributed by atoms with Gasteiger partial charge in [-0.3, -0.25) is 0 Å². The Kier molecular flexibility index (Phi) is 4.48. The van der Waals surface area contributed by atoms with Crippen molar-refractivity contribution >= 4 is 12.3 Å². The predicted molar refractivity (Wildman–Crippen MR) is 71.1 cm³/mol. The zero-order valence-electron chi connectivity index (χ0n) is 11.1. The molecule has 18 heavy (non-hydrogen) atoms. The molecule has 0 aliphatic heterocycles. The van der Waals surface area contributed by atoms with Crippen LogP contribution < -0.4 is 11.1 Å². The summed E-state index contributed by atoms with van der Waals surface area (Å²) in [6.45, 7) is 5.90. The van der Waals surface area contributed by atoms with Crippen LogP contribution in [0.3, 0.4) is 0 Å². The second kappa shape index (κ2) is 5.67. The van der Waals surface area contributed by atoms with Crippen LogP contribution in [-0.4, -0.2) is 12.3 Å². The molecule has 4 nitrogen and oxygen atoms in total. The van der Waals surface area contributed by atoms with Gasteiger partial charge in [-0.2, -0.15) is 0 Å². The summed E-state index contributed by atoms with van der Waals surface area (Å²) >= 11 is 0. The minimum atomic E-state index is -1.07. The topological polar surface area (TPSA) is 72.2 Å². The lowest BCUT2D eigenvalue weighted by molar-refractivity contribution is -0.112. The molecule has 98 valence electrons. The molecule has 1 atom stereocenters. The number of nitrogens with two attached hydrogens (primary N) is 1. The fraction of sp³-hybridized carbons (Fsp3) is 0.429. The Bertz CT molecular complexity index is 443. The number of hydrogen-bond donors (Lipinski definition) is 2. The van der Waals surface area contributed by atoms with Crippen molar-refractivity contribution in [2.75, 3.05) is 0 Å². The average Bonchev–Trinajstić information content (AvgIpc) is 2.27. The largest absolute Gasteiger partial charge is 0.352 e. The van der Waals surface area contributed by atoms with Crippen molar-refractivity contribution in [1.82, 2.24) is 5.32 Å². The van der Waals surface area contributed by atoms with E-state index in [1.165, 1.54) is 0 Å². The fourth-order valence-corrected chi connectivity index (χ4v) is 1.92. The Hall–Kier alpha value is -1.84. The van der Waals surface area contributed by atoms with Crippen LogP contribution in [0, 0.1) is 5.92 Å². The third-order valence-electron chi connectivity index (χ3n) is 2.79. The third kappa shape index (κ3) is 3.58. The van der Waals surface area contributed by atoms with Gasteiger partial charge in [-0.25, -0.2) is 4.79 Å². The summed E-state index contributed by atoms with van der Waals surface area (Å²) in [5, 5.41) is 2.47. The molecule has 0 bridgehead atoms. The maximum Gasteiger partial charge on any atom is 0.313 e. The monoisotopic (exact) mass is 248 g/mol. The number of amides is 2. The van der Waals surface area contributed by atoms with E-state index in [0.29, 0.717) is 12.2 Å². The summed E-state index contributed by atoms with van der Waals surface area (Å²) in [5.74, 6) is 0.534. The second-order valence-corrected chi connectivity index (χ2v) is 5.11. The zero-order chi connectivity index (χ0) is 13.8. The smallest absolute Gasteiger partial charge is 0.313 e. The molecule has 1 rings (SSSR count). The van der Waals surface area contributed by atoms with Crippen LogP contribution in [0.4, 0.5) is 4.79 Å². The highest BCUT2D eigenvalue weighted by molar-refractivity contribution is 5.80. The summed E-state index contributed by atoms with van der Waals surface area (Å²) in [6.07, 6.45) is 1.63. The van der Waals surface area contributed by atoms with E-state index in [1.807, 2.05) is 24.3 Å². The summed E-state index contributed by atoms with van der Waals surface area (Å²) in [6, 6.07) is 6.94. The highest BCUT2D eigenvalue weighted by atomic mass is 16.2. The normalized spacial score (nSPS) is 14.0. The number of urea groups is 1. The standard InChI is InChI=1S/C14H20N2O2/c1-10(2)7-11-5-4-6-12(8-11)14(3,9-17)16-13(15)18/h4-6,8-10H,7H2,1-3H3,(H3,15,16,18). The van der Waals surface area contributed by atoms with Crippen molar-refractivity contribution in [2.45, 2.75) is 32.7 Å². The van der Waals surface area contributed by atoms with Gasteiger partial charge in [0, 0.05) is 0 Å². The van der Waals surface area contributed by atoms with Gasteiger partial charge in [0.2, 0.25) is 0 Å². The van der Waals surface area contributed by atoms with Crippen molar-refractivity contribution in [2.24, 2.45) is 11.7 Å². The van der Waals surface area contributed by atoms with Crippen molar-refractivity contribution in [1.29, 1.82) is 0 Å². The van der Waals surface area contributed by atoms with Gasteiger partial charge in [-0.15, -0.1) is 0 Å². The second-order valence-electron chi connectivity index (χ2n) is 5.11. The summed E-state index contributed by atoms with van der Waals surface area (Å²) < 4.78 is 0. The molecule has 2 amide bonds. The molecule has 1 unspecified atom stereocenters. The van der Waals surface area contributed by atoms with Crippen LogP contribution in [0.1, 0.15) is 31.9 Å². The molecule has 1 aromatic carbocycles. The van der Waals surface area contributed by atoms with E-state index in [0.717, 1.165) is 17.5 Å². The molecule has 0 fully saturated rings. The number of benzene rings is 1. The van der Waals surface area contributed by atoms with Gasteiger partial charge in [-0.05, 0) is 30.4 Å². The van der Waals surface area contributed by atoms with Gasteiger partial charge in [0.15, 0.2) is 0 Å². The van der Waals surface area contributed by atoms with Gasteiger partial charge in [0.05, 0.1) is 0 Å². The molecule has 0 saturated heterocycles. The van der Waals surface area contributed by atoms with Gasteiger partial charge in [-0.1, -0.05) is 38.1 Å². The molecular formula is C14H20N2O2. The lowest BCUT2D eigenvalue weighted by Gasteiger charge is -2.24. The van der Waals surface area contributed by atoms with E-state index < -0.39 is 11.6 Å². The first-order chi connectivity index (χ1) is 8.37. The van der Waals surface area contributed by atoms with Crippen LogP contribution in [-0.2, 0) is 16.8 Å². The van der Waals surface area contributed by atoms with Crippen molar-refractivity contribution in [3.63, 3.8) is 0 Å². The lowest BCUT2D eigenvalue weighted by Crippen LogP contribution is -2.47. The Morgan fingerprint density at radius 3 is 2.67 bits per heavy atom. The highest BCUT2D eigenvalue weighted by Crippen LogP contribution is 2.20. The molecule has 0 aromatic heterocycles. The molecule has 0 radical (unpaired) electrons. The van der Waals surface area contributed by atoms with E-state index in [2.05, 4.69) is 19.2 Å². The van der Waals surface area contributed by atoms with Gasteiger partial charge in [0.1, 0.15) is 11.8 Å². The Morgan fingerprint density at radius 2 is 2.17 bits per heavy atom. The van der Waals surface area contributed by atoms with Gasteiger partial charge >= 0.3 is 6.03 Å². The predicted octanol–water partition coefficient (Wildman–Crippen LogP) is 1.97. The van der Waals surface area contributed by atoms with E-state index in [4.69, 9.17) is 5.73 Å². The molecule has 0 heterocycles. The lowest BCUT2D eigenvalue weighted by atomic mass is 9.90. The molecule has 0 aliphatic carbocycles. The highest BCUT2D eigenvalue weighted by Gasteiger charge is 2.27. The van der Waals surface area contributed by atoms with Gasteiger partial charge < -0.3 is 15.8 Å². The van der Waals surface area contributed by atoms with Crippen LogP contribution >= 0.6 is 0 Å². The molecule has 0 spiro atoms. The first kappa shape index (κ1) is 14.2. The first-order valence-corrected chi connectivity index (χ1v) is 6.01. The number of hydrogen-bond acceptors (Lipinski definition) is 2. The molecular weight excluding hydrogens is 228 g/mol. The number of rotatable bonds is 5. The Morgan fingerprint density at radius 1 is 1.50 bits per heavy atom. The third-order valence-corrected chi connectivity index (χ3v) is 2.79. The molecule has 0 saturated carbocycles. The minimum Gasteiger partial charge on any atom is -0.352 e. The minimum absolute atomic E-state index is 0.534. The van der Waals surface area contributed by atoms with Crippen LogP contribution in [0.15, 0.2) is 24.3 Å². The number of carbonyl (C=O) groups excluding carboxylic acids is 2. The van der Waals surface area contributed by atoms with Crippen LogP contribution in [0.25, 0.3) is 0 Å². The fourth-order valence-electron chi connectivity index (χ4n) is 1.92. The molecule has 4 heteroatoms.